The van der Waals surface area contributed by atoms with Gasteiger partial charge < -0.3 is 25.0 Å². The molecule has 3 aliphatic heterocycles. The first kappa shape index (κ1) is 25.0. The number of amides is 3. The quantitative estimate of drug-likeness (QED) is 0.406. The molecule has 0 aromatic heterocycles. The number of nitrogens with zero attached hydrogens (tertiary/aromatic N) is 1. The zero-order chi connectivity index (χ0) is 25.3. The molecule has 194 valence electrons. The first-order valence-corrected chi connectivity index (χ1v) is 13.4. The number of carbonyl (C=O) groups excluding carboxylic acids is 3. The number of likely N-dealkylation sites (tertiary alicyclic amines) is 1. The summed E-state index contributed by atoms with van der Waals surface area (Å²) in [6.45, 7) is 5.40. The highest BCUT2D eigenvalue weighted by Gasteiger charge is 2.72. The predicted molar refractivity (Wildman–Crippen MR) is 135 cm³/mol. The summed E-state index contributed by atoms with van der Waals surface area (Å²) in [5, 5.41) is 6.18. The highest BCUT2D eigenvalue weighted by molar-refractivity contribution is 6.02. The van der Waals surface area contributed by atoms with Crippen molar-refractivity contribution in [2.45, 2.75) is 76.2 Å². The van der Waals surface area contributed by atoms with Crippen LogP contribution in [0.2, 0.25) is 0 Å². The Kier molecular flexibility index (Phi) is 7.17. The van der Waals surface area contributed by atoms with Gasteiger partial charge in [-0.3, -0.25) is 14.4 Å². The molecular weight excluding hydrogens is 458 g/mol. The van der Waals surface area contributed by atoms with Crippen LogP contribution in [0.15, 0.2) is 36.4 Å². The summed E-state index contributed by atoms with van der Waals surface area (Å²) in [7, 11) is 0. The Hall–Kier alpha value is -2.71. The van der Waals surface area contributed by atoms with Crippen LogP contribution in [-0.4, -0.2) is 66.2 Å². The predicted octanol–water partition coefficient (Wildman–Crippen LogP) is 2.96. The molecule has 8 heteroatoms. The van der Waals surface area contributed by atoms with Crippen molar-refractivity contribution >= 4 is 23.4 Å². The molecule has 3 amide bonds. The van der Waals surface area contributed by atoms with Crippen LogP contribution < -0.4 is 10.6 Å². The molecule has 1 saturated carbocycles. The Balaban J connectivity index is 1.40. The molecule has 3 unspecified atom stereocenters. The molecule has 2 saturated heterocycles. The average molecular weight is 496 g/mol. The molecule has 5 atom stereocenters. The van der Waals surface area contributed by atoms with Gasteiger partial charge in [-0.2, -0.15) is 0 Å². The number of benzene rings is 1. The maximum atomic E-state index is 13.9. The number of nitrogens with one attached hydrogen (secondary N) is 2. The van der Waals surface area contributed by atoms with Gasteiger partial charge >= 0.3 is 0 Å². The van der Waals surface area contributed by atoms with Crippen LogP contribution in [0, 0.1) is 18.8 Å². The van der Waals surface area contributed by atoms with Crippen molar-refractivity contribution in [2.75, 3.05) is 25.1 Å². The third-order valence-electron chi connectivity index (χ3n) is 8.09. The SMILES string of the molecule is CCOCCCN1C(=O)[C@H]2C(C(=O)Nc3ccc(C)cc3)[C@H]3C=CC2(O3)C1C(=O)NC1CCCCC1. The third kappa shape index (κ3) is 4.45. The van der Waals surface area contributed by atoms with Gasteiger partial charge in [0.1, 0.15) is 11.6 Å². The van der Waals surface area contributed by atoms with Gasteiger partial charge in [0.15, 0.2) is 0 Å². The lowest BCUT2D eigenvalue weighted by molar-refractivity contribution is -0.141. The zero-order valence-corrected chi connectivity index (χ0v) is 21.2. The van der Waals surface area contributed by atoms with Crippen LogP contribution in [0.1, 0.15) is 51.0 Å². The molecule has 0 radical (unpaired) electrons. The van der Waals surface area contributed by atoms with Crippen molar-refractivity contribution in [2.24, 2.45) is 11.8 Å². The summed E-state index contributed by atoms with van der Waals surface area (Å²) in [5.41, 5.74) is 0.650. The van der Waals surface area contributed by atoms with Gasteiger partial charge in [-0.05, 0) is 45.2 Å². The van der Waals surface area contributed by atoms with E-state index in [0.717, 1.165) is 31.2 Å². The summed E-state index contributed by atoms with van der Waals surface area (Å²) in [6, 6.07) is 6.89. The maximum Gasteiger partial charge on any atom is 0.246 e. The van der Waals surface area contributed by atoms with Crippen molar-refractivity contribution in [3.63, 3.8) is 0 Å². The number of hydrogen-bond acceptors (Lipinski definition) is 5. The molecule has 8 nitrogen and oxygen atoms in total. The van der Waals surface area contributed by atoms with Crippen molar-refractivity contribution in [3.05, 3.63) is 42.0 Å². The number of ether oxygens (including phenoxy) is 2. The highest BCUT2D eigenvalue weighted by Crippen LogP contribution is 2.55. The Bertz CT molecular complexity index is 1020. The first-order valence-electron chi connectivity index (χ1n) is 13.4. The maximum absolute atomic E-state index is 13.9. The molecule has 3 fully saturated rings. The minimum absolute atomic E-state index is 0.116. The lowest BCUT2D eigenvalue weighted by Crippen LogP contribution is -2.56. The van der Waals surface area contributed by atoms with Gasteiger partial charge in [0.2, 0.25) is 17.7 Å². The van der Waals surface area contributed by atoms with Crippen LogP contribution >= 0.6 is 0 Å². The second-order valence-corrected chi connectivity index (χ2v) is 10.5. The summed E-state index contributed by atoms with van der Waals surface area (Å²) in [6.07, 6.45) is 9.09. The number of hydrogen-bond donors (Lipinski definition) is 2. The van der Waals surface area contributed by atoms with Gasteiger partial charge in [0, 0.05) is 31.5 Å². The number of anilines is 1. The van der Waals surface area contributed by atoms with E-state index in [1.165, 1.54) is 6.42 Å². The van der Waals surface area contributed by atoms with E-state index in [-0.39, 0.29) is 23.8 Å². The van der Waals surface area contributed by atoms with E-state index in [2.05, 4.69) is 10.6 Å². The van der Waals surface area contributed by atoms with Crippen molar-refractivity contribution < 1.29 is 23.9 Å². The number of aryl methyl sites for hydroxylation is 1. The minimum atomic E-state index is -1.12. The normalized spacial score (nSPS) is 31.1. The van der Waals surface area contributed by atoms with E-state index in [0.29, 0.717) is 31.9 Å². The molecular formula is C28H37N3O5. The summed E-state index contributed by atoms with van der Waals surface area (Å²) < 4.78 is 11.9. The molecule has 4 aliphatic rings. The number of rotatable bonds is 9. The van der Waals surface area contributed by atoms with Gasteiger partial charge in [-0.25, -0.2) is 0 Å². The molecule has 1 aromatic rings. The molecule has 1 aromatic carbocycles. The standard InChI is InChI=1S/C28H37N3O5/c1-3-35-17-7-16-31-24(26(33)30-19-8-5-4-6-9-19)28-15-14-21(36-28)22(23(28)27(31)34)25(32)29-20-12-10-18(2)11-13-20/h10-15,19,21-24H,3-9,16-17H2,1-2H3,(H,29,32)(H,30,33)/t21-,22?,23-,24?,28?/m1/s1. The fourth-order valence-corrected chi connectivity index (χ4v) is 6.38. The summed E-state index contributed by atoms with van der Waals surface area (Å²) in [5.74, 6) is -2.04. The van der Waals surface area contributed by atoms with Crippen molar-refractivity contribution in [1.82, 2.24) is 10.2 Å². The molecule has 1 spiro atoms. The average Bonchev–Trinajstić information content (AvgIpc) is 3.51. The fourth-order valence-electron chi connectivity index (χ4n) is 6.38. The minimum Gasteiger partial charge on any atom is -0.382 e. The molecule has 2 N–H and O–H groups in total. The summed E-state index contributed by atoms with van der Waals surface area (Å²) >= 11 is 0. The third-order valence-corrected chi connectivity index (χ3v) is 8.09. The van der Waals surface area contributed by atoms with E-state index in [1.807, 2.05) is 50.3 Å². The van der Waals surface area contributed by atoms with Crippen LogP contribution in [0.3, 0.4) is 0 Å². The first-order chi connectivity index (χ1) is 17.4. The monoisotopic (exact) mass is 495 g/mol. The molecule has 2 bridgehead atoms. The Labute approximate surface area is 212 Å². The van der Waals surface area contributed by atoms with Crippen LogP contribution in [0.5, 0.6) is 0 Å². The Morgan fingerprint density at radius 1 is 1.14 bits per heavy atom. The summed E-state index contributed by atoms with van der Waals surface area (Å²) in [4.78, 5) is 42.7. The lowest BCUT2D eigenvalue weighted by Gasteiger charge is -2.34. The van der Waals surface area contributed by atoms with E-state index in [4.69, 9.17) is 9.47 Å². The van der Waals surface area contributed by atoms with Gasteiger partial charge in [0.05, 0.1) is 17.9 Å². The van der Waals surface area contributed by atoms with Gasteiger partial charge in [0.25, 0.3) is 0 Å². The smallest absolute Gasteiger partial charge is 0.246 e. The van der Waals surface area contributed by atoms with Crippen LogP contribution in [0.4, 0.5) is 5.69 Å². The topological polar surface area (TPSA) is 97.0 Å². The second-order valence-electron chi connectivity index (χ2n) is 10.5. The molecule has 5 rings (SSSR count). The van der Waals surface area contributed by atoms with Crippen molar-refractivity contribution in [3.8, 4) is 0 Å². The number of carbonyl (C=O) groups is 3. The fraction of sp³-hybridized carbons (Fsp3) is 0.607. The Morgan fingerprint density at radius 3 is 2.61 bits per heavy atom. The highest BCUT2D eigenvalue weighted by atomic mass is 16.5. The molecule has 36 heavy (non-hydrogen) atoms. The van der Waals surface area contributed by atoms with Gasteiger partial charge in [-0.15, -0.1) is 0 Å². The lowest BCUT2D eigenvalue weighted by atomic mass is 9.74. The molecule has 1 aliphatic carbocycles. The zero-order valence-electron chi connectivity index (χ0n) is 21.2. The van der Waals surface area contributed by atoms with E-state index in [9.17, 15) is 14.4 Å². The van der Waals surface area contributed by atoms with Crippen LogP contribution in [-0.2, 0) is 23.9 Å². The largest absolute Gasteiger partial charge is 0.382 e. The second kappa shape index (κ2) is 10.3. The molecule has 3 heterocycles. The Morgan fingerprint density at radius 2 is 1.89 bits per heavy atom. The number of fused-ring (bicyclic) bond motifs is 1. The van der Waals surface area contributed by atoms with E-state index >= 15 is 0 Å². The van der Waals surface area contributed by atoms with Gasteiger partial charge in [-0.1, -0.05) is 49.1 Å². The van der Waals surface area contributed by atoms with Crippen LogP contribution in [0.25, 0.3) is 0 Å². The van der Waals surface area contributed by atoms with E-state index < -0.39 is 29.6 Å². The van der Waals surface area contributed by atoms with E-state index in [1.54, 1.807) is 4.90 Å². The van der Waals surface area contributed by atoms with Crippen molar-refractivity contribution in [1.29, 1.82) is 0 Å².